The first-order chi connectivity index (χ1) is 12.4. The highest BCUT2D eigenvalue weighted by atomic mass is 35.5. The van der Waals surface area contributed by atoms with Crippen LogP contribution in [0.5, 0.6) is 11.5 Å². The van der Waals surface area contributed by atoms with E-state index < -0.39 is 29.8 Å². The fourth-order valence-electron chi connectivity index (χ4n) is 3.32. The zero-order valence-electron chi connectivity index (χ0n) is 13.4. The molecule has 1 fully saturated rings. The molecule has 0 saturated carbocycles. The van der Waals surface area contributed by atoms with Crippen molar-refractivity contribution in [2.75, 3.05) is 13.1 Å². The van der Waals surface area contributed by atoms with Crippen LogP contribution < -0.4 is 9.47 Å². The van der Waals surface area contributed by atoms with E-state index in [9.17, 15) is 13.6 Å². The van der Waals surface area contributed by atoms with E-state index in [1.807, 2.05) is 4.90 Å². The van der Waals surface area contributed by atoms with Crippen LogP contribution in [-0.2, 0) is 6.54 Å². The Bertz CT molecular complexity index is 853. The van der Waals surface area contributed by atoms with Crippen molar-refractivity contribution in [3.8, 4) is 11.5 Å². The molecule has 0 amide bonds. The van der Waals surface area contributed by atoms with Gasteiger partial charge in [-0.25, -0.2) is 13.6 Å². The van der Waals surface area contributed by atoms with Gasteiger partial charge in [-0.2, -0.15) is 0 Å². The maximum atomic E-state index is 13.9. The Morgan fingerprint density at radius 3 is 2.23 bits per heavy atom. The second-order valence-electron chi connectivity index (χ2n) is 6.28. The molecule has 2 heterocycles. The van der Waals surface area contributed by atoms with E-state index in [1.54, 1.807) is 12.1 Å². The Morgan fingerprint density at radius 1 is 1.12 bits per heavy atom. The molecule has 4 rings (SSSR count). The highest BCUT2D eigenvalue weighted by Gasteiger charge is 2.42. The third kappa shape index (κ3) is 2.87. The summed E-state index contributed by atoms with van der Waals surface area (Å²) in [4.78, 5) is 13.1. The summed E-state index contributed by atoms with van der Waals surface area (Å²) < 4.78 is 39.0. The quantitative estimate of drug-likeness (QED) is 0.883. The van der Waals surface area contributed by atoms with E-state index in [2.05, 4.69) is 0 Å². The molecular formula is C18H14ClF2NO4. The molecule has 2 aliphatic rings. The van der Waals surface area contributed by atoms with Gasteiger partial charge in [0.25, 0.3) is 0 Å². The van der Waals surface area contributed by atoms with Gasteiger partial charge in [0, 0.05) is 19.6 Å². The average Bonchev–Trinajstić information content (AvgIpc) is 3.00. The molecule has 0 radical (unpaired) electrons. The second kappa shape index (κ2) is 6.41. The van der Waals surface area contributed by atoms with Gasteiger partial charge in [-0.15, -0.1) is 0 Å². The number of hydrogen-bond acceptors (Lipinski definition) is 4. The van der Waals surface area contributed by atoms with Crippen LogP contribution in [0.2, 0.25) is 5.02 Å². The monoisotopic (exact) mass is 381 g/mol. The van der Waals surface area contributed by atoms with Crippen molar-refractivity contribution in [1.29, 1.82) is 0 Å². The highest BCUT2D eigenvalue weighted by molar-refractivity contribution is 6.34. The lowest BCUT2D eigenvalue weighted by atomic mass is 10.1. The van der Waals surface area contributed by atoms with Crippen molar-refractivity contribution in [2.24, 2.45) is 0 Å². The summed E-state index contributed by atoms with van der Waals surface area (Å²) in [5, 5.41) is 9.34. The number of carbonyl (C=O) groups is 1. The summed E-state index contributed by atoms with van der Waals surface area (Å²) in [5.41, 5.74) is 0.685. The third-order valence-electron chi connectivity index (χ3n) is 4.55. The van der Waals surface area contributed by atoms with Crippen LogP contribution >= 0.6 is 11.6 Å². The number of nitrogens with zero attached hydrogens (tertiary/aromatic N) is 1. The lowest BCUT2D eigenvalue weighted by molar-refractivity contribution is 0.0467. The van der Waals surface area contributed by atoms with Gasteiger partial charge < -0.3 is 14.6 Å². The number of halogens is 3. The SMILES string of the molecule is O=C(O)c1cccc(CN2C[C@@H]3Oc4c(F)ccc(F)c4O[C@@H]3C2)c1Cl. The van der Waals surface area contributed by atoms with Crippen molar-refractivity contribution in [3.05, 3.63) is 58.1 Å². The first kappa shape index (κ1) is 17.1. The van der Waals surface area contributed by atoms with Crippen molar-refractivity contribution in [1.82, 2.24) is 4.90 Å². The minimum Gasteiger partial charge on any atom is -0.478 e. The lowest BCUT2D eigenvalue weighted by Crippen LogP contribution is -2.39. The summed E-state index contributed by atoms with van der Waals surface area (Å²) in [6.07, 6.45) is -0.888. The standard InChI is InChI=1S/C18H14ClF2NO4/c19-15-9(2-1-3-10(15)18(23)24)6-22-7-13-14(8-22)26-17-12(21)5-4-11(20)16(17)25-13/h1-5,13-14H,6-8H2,(H,23,24)/t13-,14+. The number of carboxylic acid groups (broad SMARTS) is 1. The van der Waals surface area contributed by atoms with E-state index >= 15 is 0 Å². The number of rotatable bonds is 3. The Kier molecular flexibility index (Phi) is 4.20. The van der Waals surface area contributed by atoms with Crippen LogP contribution in [0.15, 0.2) is 30.3 Å². The lowest BCUT2D eigenvalue weighted by Gasteiger charge is -2.28. The number of ether oxygens (including phenoxy) is 2. The van der Waals surface area contributed by atoms with E-state index in [-0.39, 0.29) is 22.1 Å². The molecule has 0 spiro atoms. The van der Waals surface area contributed by atoms with Gasteiger partial charge in [-0.1, -0.05) is 23.7 Å². The molecule has 8 heteroatoms. The third-order valence-corrected chi connectivity index (χ3v) is 4.99. The summed E-state index contributed by atoms with van der Waals surface area (Å²) in [5.74, 6) is -2.86. The molecule has 1 N–H and O–H groups in total. The van der Waals surface area contributed by atoms with Gasteiger partial charge in [-0.05, 0) is 23.8 Å². The molecule has 0 aromatic heterocycles. The maximum Gasteiger partial charge on any atom is 0.337 e. The normalized spacial score (nSPS) is 21.5. The van der Waals surface area contributed by atoms with Crippen LogP contribution in [0.3, 0.4) is 0 Å². The Labute approximate surface area is 152 Å². The smallest absolute Gasteiger partial charge is 0.337 e. The van der Waals surface area contributed by atoms with Crippen LogP contribution in [0, 0.1) is 11.6 Å². The summed E-state index contributed by atoms with van der Waals surface area (Å²) in [6.45, 7) is 1.22. The fraction of sp³-hybridized carbons (Fsp3) is 0.278. The van der Waals surface area contributed by atoms with Crippen molar-refractivity contribution >= 4 is 17.6 Å². The largest absolute Gasteiger partial charge is 0.478 e. The number of likely N-dealkylation sites (tertiary alicyclic amines) is 1. The molecule has 1 saturated heterocycles. The Hall–Kier alpha value is -2.38. The average molecular weight is 382 g/mol. The fourth-order valence-corrected chi connectivity index (χ4v) is 3.59. The molecule has 2 aromatic rings. The molecule has 0 unspecified atom stereocenters. The molecule has 5 nitrogen and oxygen atoms in total. The first-order valence-corrected chi connectivity index (χ1v) is 8.36. The van der Waals surface area contributed by atoms with Gasteiger partial charge in [0.2, 0.25) is 11.5 Å². The number of aromatic carboxylic acids is 1. The van der Waals surface area contributed by atoms with Gasteiger partial charge in [0.05, 0.1) is 10.6 Å². The molecular weight excluding hydrogens is 368 g/mol. The van der Waals surface area contributed by atoms with E-state index in [0.29, 0.717) is 25.2 Å². The Morgan fingerprint density at radius 2 is 1.69 bits per heavy atom. The number of benzene rings is 2. The predicted molar refractivity (Wildman–Crippen MR) is 88.9 cm³/mol. The Balaban J connectivity index is 1.53. The zero-order valence-corrected chi connectivity index (χ0v) is 14.2. The molecule has 2 aliphatic heterocycles. The maximum absolute atomic E-state index is 13.9. The summed E-state index contributed by atoms with van der Waals surface area (Å²) in [7, 11) is 0. The summed E-state index contributed by atoms with van der Waals surface area (Å²) >= 11 is 6.18. The van der Waals surface area contributed by atoms with E-state index in [4.69, 9.17) is 26.2 Å². The van der Waals surface area contributed by atoms with Crippen molar-refractivity contribution < 1.29 is 28.2 Å². The zero-order chi connectivity index (χ0) is 18.4. The molecule has 0 aliphatic carbocycles. The van der Waals surface area contributed by atoms with Crippen molar-refractivity contribution in [3.63, 3.8) is 0 Å². The minimum atomic E-state index is -1.10. The van der Waals surface area contributed by atoms with Crippen LogP contribution in [0.1, 0.15) is 15.9 Å². The molecule has 26 heavy (non-hydrogen) atoms. The molecule has 2 atom stereocenters. The van der Waals surface area contributed by atoms with E-state index in [0.717, 1.165) is 12.1 Å². The van der Waals surface area contributed by atoms with E-state index in [1.165, 1.54) is 6.07 Å². The second-order valence-corrected chi connectivity index (χ2v) is 6.66. The van der Waals surface area contributed by atoms with Crippen LogP contribution in [0.4, 0.5) is 8.78 Å². The number of hydrogen-bond donors (Lipinski definition) is 1. The predicted octanol–water partition coefficient (Wildman–Crippen LogP) is 3.34. The summed E-state index contributed by atoms with van der Waals surface area (Å²) in [6, 6.07) is 6.81. The molecule has 0 bridgehead atoms. The van der Waals surface area contributed by atoms with Crippen LogP contribution in [-0.4, -0.2) is 41.3 Å². The number of carboxylic acids is 1. The topological polar surface area (TPSA) is 59.0 Å². The number of fused-ring (bicyclic) bond motifs is 2. The van der Waals surface area contributed by atoms with Crippen molar-refractivity contribution in [2.45, 2.75) is 18.8 Å². The minimum absolute atomic E-state index is 0.0322. The molecule has 136 valence electrons. The first-order valence-electron chi connectivity index (χ1n) is 7.98. The highest BCUT2D eigenvalue weighted by Crippen LogP contribution is 2.40. The molecule has 2 aromatic carbocycles. The van der Waals surface area contributed by atoms with Gasteiger partial charge in [-0.3, -0.25) is 4.90 Å². The van der Waals surface area contributed by atoms with Gasteiger partial charge in [0.15, 0.2) is 11.6 Å². The van der Waals surface area contributed by atoms with Gasteiger partial charge >= 0.3 is 5.97 Å². The van der Waals surface area contributed by atoms with Crippen LogP contribution in [0.25, 0.3) is 0 Å². The van der Waals surface area contributed by atoms with Gasteiger partial charge in [0.1, 0.15) is 12.2 Å².